The second-order valence-electron chi connectivity index (χ2n) is 18.7. The molecule has 0 rings (SSSR count). The fraction of sp³-hybridized carbons (Fsp3) is 0.600. The van der Waals surface area contributed by atoms with Gasteiger partial charge >= 0.3 is 19.8 Å². The molecule has 0 heterocycles. The molecule has 0 aromatic heterocycles. The lowest BCUT2D eigenvalue weighted by atomic mass is 10.0. The number of phosphoric acid groups is 1. The van der Waals surface area contributed by atoms with E-state index in [2.05, 4.69) is 160 Å². The Kier molecular flexibility index (Phi) is 55.9. The van der Waals surface area contributed by atoms with Gasteiger partial charge in [0.1, 0.15) is 6.61 Å². The molecule has 9 nitrogen and oxygen atoms in total. The maximum atomic E-state index is 12.7. The molecular weight excluding hydrogens is 954 g/mol. The van der Waals surface area contributed by atoms with Crippen LogP contribution in [0.2, 0.25) is 0 Å². The highest BCUT2D eigenvalue weighted by Gasteiger charge is 2.26. The zero-order valence-electron chi connectivity index (χ0n) is 47.2. The molecule has 10 heteroatoms. The van der Waals surface area contributed by atoms with Crippen LogP contribution >= 0.6 is 7.82 Å². The largest absolute Gasteiger partial charge is 0.472 e. The Hall–Kier alpha value is -4.11. The quantitative estimate of drug-likeness (QED) is 0.0264. The summed E-state index contributed by atoms with van der Waals surface area (Å²) in [6.07, 6.45) is 84.8. The van der Waals surface area contributed by atoms with Crippen LogP contribution in [-0.4, -0.2) is 49.3 Å². The SMILES string of the molecule is CC/C=C\C/C=C\C/C=C\C/C=C\C/C=C\C/C=C\CCCCCCCCCCCCCCCCC(=O)OC(COC(=O)CCCC/C=C\C/C=C\C/C=C\C/C=C\C/C=C\C/C=C\CC)COP(=O)(O)OCCN. The lowest BCUT2D eigenvalue weighted by Crippen LogP contribution is -2.29. The van der Waals surface area contributed by atoms with E-state index in [1.165, 1.54) is 70.6 Å². The Labute approximate surface area is 458 Å². The molecule has 2 unspecified atom stereocenters. The van der Waals surface area contributed by atoms with Gasteiger partial charge in [-0.2, -0.15) is 0 Å². The summed E-state index contributed by atoms with van der Waals surface area (Å²) >= 11 is 0. The molecule has 2 atom stereocenters. The number of phosphoric ester groups is 1. The molecule has 424 valence electrons. The predicted molar refractivity (Wildman–Crippen MR) is 320 cm³/mol. The molecule has 0 aromatic carbocycles. The van der Waals surface area contributed by atoms with Crippen LogP contribution in [0.3, 0.4) is 0 Å². The standard InChI is InChI=1S/C65H106NO8P/c1-3-5-7-9-11-13-15-17-19-21-23-25-26-27-28-29-30-31-32-33-34-35-36-38-40-42-44-46-48-50-52-54-56-58-65(68)74-63(62-73-75(69,70)72-60-59-66)61-71-64(67)57-55-53-51-49-47-45-43-41-39-37-24-22-20-18-16-14-12-10-8-6-4-2/h5-8,11-14,17-20,23-25,27-28,30-31,37,41,43,47,49,63H,3-4,9-10,15-16,21-22,26,29,32-36,38-40,42,44-46,48,50-62,66H2,1-2H3,(H,69,70)/b7-5-,8-6-,13-11-,14-12-,19-17-,20-18-,25-23-,28-27-,31-30-,37-24-,43-41-,49-47-. The van der Waals surface area contributed by atoms with E-state index in [0.717, 1.165) is 109 Å². The van der Waals surface area contributed by atoms with Gasteiger partial charge in [0.2, 0.25) is 0 Å². The van der Waals surface area contributed by atoms with E-state index >= 15 is 0 Å². The van der Waals surface area contributed by atoms with E-state index in [4.69, 9.17) is 24.3 Å². The third kappa shape index (κ3) is 59.0. The molecule has 0 aromatic rings. The van der Waals surface area contributed by atoms with Crippen molar-refractivity contribution >= 4 is 19.8 Å². The molecule has 0 aliphatic heterocycles. The number of carbonyl (C=O) groups is 2. The zero-order valence-corrected chi connectivity index (χ0v) is 48.1. The van der Waals surface area contributed by atoms with Crippen LogP contribution in [0.5, 0.6) is 0 Å². The van der Waals surface area contributed by atoms with Gasteiger partial charge in [-0.15, -0.1) is 0 Å². The van der Waals surface area contributed by atoms with Crippen molar-refractivity contribution < 1.29 is 37.6 Å². The van der Waals surface area contributed by atoms with Gasteiger partial charge in [0.05, 0.1) is 13.2 Å². The summed E-state index contributed by atoms with van der Waals surface area (Å²) in [5.74, 6) is -0.888. The predicted octanol–water partition coefficient (Wildman–Crippen LogP) is 18.7. The molecule has 0 amide bonds. The first-order valence-corrected chi connectivity index (χ1v) is 30.8. The van der Waals surface area contributed by atoms with Crippen LogP contribution in [0, 0.1) is 0 Å². The molecule has 0 bridgehead atoms. The summed E-state index contributed by atoms with van der Waals surface area (Å²) in [6, 6.07) is 0. The number of rotatable bonds is 53. The summed E-state index contributed by atoms with van der Waals surface area (Å²) in [6.45, 7) is 3.45. The van der Waals surface area contributed by atoms with E-state index in [1.807, 2.05) is 0 Å². The number of carbonyl (C=O) groups excluding carboxylic acids is 2. The van der Waals surface area contributed by atoms with Gasteiger partial charge in [0.15, 0.2) is 6.10 Å². The molecule has 3 N–H and O–H groups in total. The molecule has 0 spiro atoms. The first-order valence-electron chi connectivity index (χ1n) is 29.3. The van der Waals surface area contributed by atoms with E-state index in [0.29, 0.717) is 12.8 Å². The molecular formula is C65H106NO8P. The number of nitrogens with two attached hydrogens (primary N) is 1. The fourth-order valence-corrected chi connectivity index (χ4v) is 8.23. The van der Waals surface area contributed by atoms with E-state index < -0.39 is 32.5 Å². The molecule has 75 heavy (non-hydrogen) atoms. The van der Waals surface area contributed by atoms with Crippen LogP contribution in [-0.2, 0) is 32.7 Å². The van der Waals surface area contributed by atoms with Gasteiger partial charge in [0, 0.05) is 19.4 Å². The van der Waals surface area contributed by atoms with Crippen LogP contribution in [0.25, 0.3) is 0 Å². The minimum absolute atomic E-state index is 0.0398. The Morgan fingerprint density at radius 1 is 0.400 bits per heavy atom. The van der Waals surface area contributed by atoms with Gasteiger partial charge in [0.25, 0.3) is 0 Å². The van der Waals surface area contributed by atoms with Crippen molar-refractivity contribution in [2.24, 2.45) is 5.73 Å². The van der Waals surface area contributed by atoms with E-state index in [9.17, 15) is 19.0 Å². The molecule has 0 radical (unpaired) electrons. The highest BCUT2D eigenvalue weighted by molar-refractivity contribution is 7.47. The van der Waals surface area contributed by atoms with Crippen molar-refractivity contribution in [3.63, 3.8) is 0 Å². The highest BCUT2D eigenvalue weighted by atomic mass is 31.2. The van der Waals surface area contributed by atoms with Crippen molar-refractivity contribution in [2.45, 2.75) is 225 Å². The second-order valence-corrected chi connectivity index (χ2v) is 20.2. The normalized spacial score (nSPS) is 14.1. The highest BCUT2D eigenvalue weighted by Crippen LogP contribution is 2.43. The third-order valence-corrected chi connectivity index (χ3v) is 12.7. The van der Waals surface area contributed by atoms with E-state index in [1.54, 1.807) is 0 Å². The summed E-state index contributed by atoms with van der Waals surface area (Å²) in [7, 11) is -4.41. The summed E-state index contributed by atoms with van der Waals surface area (Å²) in [5.41, 5.74) is 5.38. The summed E-state index contributed by atoms with van der Waals surface area (Å²) in [5, 5.41) is 0. The molecule has 0 aliphatic rings. The number of hydrogen-bond acceptors (Lipinski definition) is 8. The van der Waals surface area contributed by atoms with Crippen LogP contribution in [0.1, 0.15) is 219 Å². The Balaban J connectivity index is 4.04. The van der Waals surface area contributed by atoms with Gasteiger partial charge in [-0.1, -0.05) is 237 Å². The van der Waals surface area contributed by atoms with Crippen molar-refractivity contribution in [3.8, 4) is 0 Å². The van der Waals surface area contributed by atoms with Crippen molar-refractivity contribution in [1.82, 2.24) is 0 Å². The molecule has 0 fully saturated rings. The maximum absolute atomic E-state index is 12.7. The first-order chi connectivity index (χ1) is 36.8. The first kappa shape index (κ1) is 70.9. The topological polar surface area (TPSA) is 134 Å². The van der Waals surface area contributed by atoms with Gasteiger partial charge in [-0.3, -0.25) is 18.6 Å². The fourth-order valence-electron chi connectivity index (χ4n) is 7.47. The monoisotopic (exact) mass is 1060 g/mol. The van der Waals surface area contributed by atoms with Crippen LogP contribution < -0.4 is 5.73 Å². The summed E-state index contributed by atoms with van der Waals surface area (Å²) in [4.78, 5) is 35.2. The van der Waals surface area contributed by atoms with Gasteiger partial charge < -0.3 is 20.1 Å². The molecule has 0 saturated carbocycles. The lowest BCUT2D eigenvalue weighted by Gasteiger charge is -2.19. The lowest BCUT2D eigenvalue weighted by molar-refractivity contribution is -0.161. The number of unbranched alkanes of at least 4 members (excludes halogenated alkanes) is 16. The number of hydrogen-bond donors (Lipinski definition) is 2. The average Bonchev–Trinajstić information content (AvgIpc) is 3.40. The number of esters is 2. The summed E-state index contributed by atoms with van der Waals surface area (Å²) < 4.78 is 33.0. The maximum Gasteiger partial charge on any atom is 0.472 e. The average molecular weight is 1060 g/mol. The van der Waals surface area contributed by atoms with Crippen molar-refractivity contribution in [1.29, 1.82) is 0 Å². The van der Waals surface area contributed by atoms with Gasteiger partial charge in [-0.05, 0) is 116 Å². The van der Waals surface area contributed by atoms with Crippen LogP contribution in [0.15, 0.2) is 146 Å². The number of ether oxygens (including phenoxy) is 2. The second kappa shape index (κ2) is 59.1. The minimum Gasteiger partial charge on any atom is -0.462 e. The van der Waals surface area contributed by atoms with Crippen molar-refractivity contribution in [2.75, 3.05) is 26.4 Å². The third-order valence-electron chi connectivity index (χ3n) is 11.7. The molecule has 0 aliphatic carbocycles. The minimum atomic E-state index is -4.41. The van der Waals surface area contributed by atoms with E-state index in [-0.39, 0.29) is 32.6 Å². The van der Waals surface area contributed by atoms with Crippen LogP contribution in [0.4, 0.5) is 0 Å². The Morgan fingerprint density at radius 3 is 1.05 bits per heavy atom. The number of allylic oxidation sites excluding steroid dienone is 24. The zero-order chi connectivity index (χ0) is 54.5. The van der Waals surface area contributed by atoms with Gasteiger partial charge in [-0.25, -0.2) is 4.57 Å². The molecule has 0 saturated heterocycles. The van der Waals surface area contributed by atoms with Crippen molar-refractivity contribution in [3.05, 3.63) is 146 Å². The Morgan fingerprint density at radius 2 is 0.693 bits per heavy atom. The Bertz CT molecular complexity index is 1730. The smallest absolute Gasteiger partial charge is 0.462 e.